The van der Waals surface area contributed by atoms with Crippen LogP contribution < -0.4 is 5.32 Å². The number of hydrogen-bond donors (Lipinski definition) is 1. The SMILES string of the molecule is O=C(NCCn1cccn1)[C@@H]1CCCO1. The molecule has 1 N–H and O–H groups in total. The Hall–Kier alpha value is -1.36. The molecule has 1 atom stereocenters. The Labute approximate surface area is 88.4 Å². The summed E-state index contributed by atoms with van der Waals surface area (Å²) in [6, 6.07) is 1.86. The standard InChI is InChI=1S/C10H15N3O2/c14-10(9-3-1-8-15-9)11-5-7-13-6-2-4-12-13/h2,4,6,9H,1,3,5,7-8H2,(H,11,14)/t9-/m0/s1. The van der Waals surface area contributed by atoms with Gasteiger partial charge in [0.1, 0.15) is 6.10 Å². The van der Waals surface area contributed by atoms with Gasteiger partial charge in [0.2, 0.25) is 5.91 Å². The van der Waals surface area contributed by atoms with E-state index in [-0.39, 0.29) is 12.0 Å². The van der Waals surface area contributed by atoms with Gasteiger partial charge in [-0.25, -0.2) is 0 Å². The van der Waals surface area contributed by atoms with Gasteiger partial charge >= 0.3 is 0 Å². The van der Waals surface area contributed by atoms with Crippen molar-refractivity contribution in [2.45, 2.75) is 25.5 Å². The second-order valence-corrected chi connectivity index (χ2v) is 3.56. The van der Waals surface area contributed by atoms with Crippen LogP contribution in [0.3, 0.4) is 0 Å². The van der Waals surface area contributed by atoms with E-state index < -0.39 is 0 Å². The van der Waals surface area contributed by atoms with Crippen LogP contribution in [0.4, 0.5) is 0 Å². The highest BCUT2D eigenvalue weighted by Gasteiger charge is 2.22. The minimum atomic E-state index is -0.234. The molecule has 0 aromatic carbocycles. The smallest absolute Gasteiger partial charge is 0.249 e. The Bertz CT molecular complexity index is 304. The zero-order chi connectivity index (χ0) is 10.5. The summed E-state index contributed by atoms with van der Waals surface area (Å²) >= 11 is 0. The molecule has 2 rings (SSSR count). The van der Waals surface area contributed by atoms with E-state index in [0.717, 1.165) is 12.8 Å². The van der Waals surface area contributed by atoms with Crippen LogP contribution in [0.1, 0.15) is 12.8 Å². The average Bonchev–Trinajstić information content (AvgIpc) is 2.90. The largest absolute Gasteiger partial charge is 0.368 e. The van der Waals surface area contributed by atoms with E-state index in [1.165, 1.54) is 0 Å². The van der Waals surface area contributed by atoms with Gasteiger partial charge in [-0.1, -0.05) is 0 Å². The molecular weight excluding hydrogens is 194 g/mol. The molecule has 1 aliphatic rings. The quantitative estimate of drug-likeness (QED) is 0.769. The van der Waals surface area contributed by atoms with Crippen molar-refractivity contribution in [3.63, 3.8) is 0 Å². The molecule has 1 fully saturated rings. The lowest BCUT2D eigenvalue weighted by Gasteiger charge is -2.10. The van der Waals surface area contributed by atoms with Crippen LogP contribution in [-0.2, 0) is 16.1 Å². The van der Waals surface area contributed by atoms with Gasteiger partial charge in [-0.3, -0.25) is 9.48 Å². The van der Waals surface area contributed by atoms with Crippen molar-refractivity contribution in [2.75, 3.05) is 13.2 Å². The van der Waals surface area contributed by atoms with Crippen LogP contribution in [0.25, 0.3) is 0 Å². The van der Waals surface area contributed by atoms with Crippen molar-refractivity contribution in [3.05, 3.63) is 18.5 Å². The van der Waals surface area contributed by atoms with E-state index >= 15 is 0 Å². The summed E-state index contributed by atoms with van der Waals surface area (Å²) in [6.45, 7) is 2.00. The summed E-state index contributed by atoms with van der Waals surface area (Å²) in [6.07, 6.45) is 5.19. The number of ether oxygens (including phenoxy) is 1. The molecule has 0 bridgehead atoms. The Morgan fingerprint density at radius 1 is 1.67 bits per heavy atom. The summed E-state index contributed by atoms with van der Waals surface area (Å²) in [5.74, 6) is -0.000318. The fourth-order valence-corrected chi connectivity index (χ4v) is 1.62. The summed E-state index contributed by atoms with van der Waals surface area (Å²) in [7, 11) is 0. The van der Waals surface area contributed by atoms with Gasteiger partial charge in [0.05, 0.1) is 6.54 Å². The maximum atomic E-state index is 11.5. The molecule has 15 heavy (non-hydrogen) atoms. The van der Waals surface area contributed by atoms with Crippen LogP contribution in [-0.4, -0.2) is 34.9 Å². The van der Waals surface area contributed by atoms with Gasteiger partial charge in [0.25, 0.3) is 0 Å². The van der Waals surface area contributed by atoms with E-state index in [1.54, 1.807) is 10.9 Å². The van der Waals surface area contributed by atoms with Gasteiger partial charge < -0.3 is 10.1 Å². The highest BCUT2D eigenvalue weighted by molar-refractivity contribution is 5.80. The van der Waals surface area contributed by atoms with Crippen LogP contribution in [0.15, 0.2) is 18.5 Å². The first-order valence-electron chi connectivity index (χ1n) is 5.23. The van der Waals surface area contributed by atoms with Crippen LogP contribution in [0, 0.1) is 0 Å². The summed E-state index contributed by atoms with van der Waals surface area (Å²) in [5.41, 5.74) is 0. The van der Waals surface area contributed by atoms with Crippen molar-refractivity contribution >= 4 is 5.91 Å². The molecular formula is C10H15N3O2. The van der Waals surface area contributed by atoms with Crippen molar-refractivity contribution in [2.24, 2.45) is 0 Å². The third kappa shape index (κ3) is 2.79. The number of carbonyl (C=O) groups excluding carboxylic acids is 1. The van der Waals surface area contributed by atoms with Gasteiger partial charge in [0.15, 0.2) is 0 Å². The molecule has 1 amide bonds. The third-order valence-corrected chi connectivity index (χ3v) is 2.42. The van der Waals surface area contributed by atoms with Crippen molar-refractivity contribution in [3.8, 4) is 0 Å². The van der Waals surface area contributed by atoms with Crippen LogP contribution in [0.2, 0.25) is 0 Å². The van der Waals surface area contributed by atoms with E-state index in [0.29, 0.717) is 19.7 Å². The van der Waals surface area contributed by atoms with E-state index in [1.807, 2.05) is 12.3 Å². The van der Waals surface area contributed by atoms with E-state index in [9.17, 15) is 4.79 Å². The monoisotopic (exact) mass is 209 g/mol. The molecule has 0 unspecified atom stereocenters. The minimum absolute atomic E-state index is 0.000318. The Morgan fingerprint density at radius 2 is 2.60 bits per heavy atom. The van der Waals surface area contributed by atoms with Gasteiger partial charge in [-0.05, 0) is 18.9 Å². The second kappa shape index (κ2) is 4.93. The topological polar surface area (TPSA) is 56.2 Å². The second-order valence-electron chi connectivity index (χ2n) is 3.56. The summed E-state index contributed by atoms with van der Waals surface area (Å²) in [5, 5.41) is 6.88. The molecule has 0 spiro atoms. The maximum Gasteiger partial charge on any atom is 0.249 e. The average molecular weight is 209 g/mol. The minimum Gasteiger partial charge on any atom is -0.368 e. The number of amides is 1. The molecule has 1 aliphatic heterocycles. The molecule has 1 aromatic heterocycles. The zero-order valence-corrected chi connectivity index (χ0v) is 8.56. The lowest BCUT2D eigenvalue weighted by atomic mass is 10.2. The Balaban J connectivity index is 1.67. The first-order valence-corrected chi connectivity index (χ1v) is 5.23. The molecule has 1 aromatic rings. The maximum absolute atomic E-state index is 11.5. The van der Waals surface area contributed by atoms with Gasteiger partial charge in [-0.15, -0.1) is 0 Å². The lowest BCUT2D eigenvalue weighted by molar-refractivity contribution is -0.130. The molecule has 0 aliphatic carbocycles. The van der Waals surface area contributed by atoms with Gasteiger partial charge in [-0.2, -0.15) is 5.10 Å². The highest BCUT2D eigenvalue weighted by atomic mass is 16.5. The first kappa shape index (κ1) is 10.2. The van der Waals surface area contributed by atoms with Crippen molar-refractivity contribution < 1.29 is 9.53 Å². The molecule has 5 nitrogen and oxygen atoms in total. The molecule has 2 heterocycles. The predicted molar refractivity (Wildman–Crippen MR) is 54.2 cm³/mol. The summed E-state index contributed by atoms with van der Waals surface area (Å²) in [4.78, 5) is 11.5. The summed E-state index contributed by atoms with van der Waals surface area (Å²) < 4.78 is 7.06. The first-order chi connectivity index (χ1) is 7.36. The number of aromatic nitrogens is 2. The van der Waals surface area contributed by atoms with Crippen LogP contribution in [0.5, 0.6) is 0 Å². The number of hydrogen-bond acceptors (Lipinski definition) is 3. The zero-order valence-electron chi connectivity index (χ0n) is 8.56. The molecule has 0 saturated carbocycles. The fourth-order valence-electron chi connectivity index (χ4n) is 1.62. The Morgan fingerprint density at radius 3 is 3.27 bits per heavy atom. The lowest BCUT2D eigenvalue weighted by Crippen LogP contribution is -2.36. The number of nitrogens with one attached hydrogen (secondary N) is 1. The van der Waals surface area contributed by atoms with Crippen LogP contribution >= 0.6 is 0 Å². The molecule has 1 saturated heterocycles. The third-order valence-electron chi connectivity index (χ3n) is 2.42. The number of nitrogens with zero attached hydrogens (tertiary/aromatic N) is 2. The normalized spacial score (nSPS) is 20.4. The predicted octanol–water partition coefficient (Wildman–Crippen LogP) is 0.178. The molecule has 0 radical (unpaired) electrons. The molecule has 5 heteroatoms. The number of rotatable bonds is 4. The Kier molecular flexibility index (Phi) is 3.34. The molecule has 82 valence electrons. The van der Waals surface area contributed by atoms with Gasteiger partial charge in [0, 0.05) is 25.5 Å². The van der Waals surface area contributed by atoms with Crippen molar-refractivity contribution in [1.29, 1.82) is 0 Å². The highest BCUT2D eigenvalue weighted by Crippen LogP contribution is 2.11. The fraction of sp³-hybridized carbons (Fsp3) is 0.600. The van der Waals surface area contributed by atoms with E-state index in [4.69, 9.17) is 4.74 Å². The number of carbonyl (C=O) groups is 1. The van der Waals surface area contributed by atoms with E-state index in [2.05, 4.69) is 10.4 Å². The van der Waals surface area contributed by atoms with Crippen molar-refractivity contribution in [1.82, 2.24) is 15.1 Å².